The van der Waals surface area contributed by atoms with Gasteiger partial charge in [0.1, 0.15) is 11.8 Å². The molecule has 10 heteroatoms. The number of ether oxygens (including phenoxy) is 1. The summed E-state index contributed by atoms with van der Waals surface area (Å²) in [5.74, 6) is -0.304. The molecule has 0 saturated heterocycles. The largest absolute Gasteiger partial charge is 0.483 e. The van der Waals surface area contributed by atoms with Crippen molar-refractivity contribution in [3.8, 4) is 11.8 Å². The second kappa shape index (κ2) is 10.3. The van der Waals surface area contributed by atoms with Crippen molar-refractivity contribution in [1.29, 1.82) is 5.26 Å². The smallest absolute Gasteiger partial charge is 0.270 e. The SMILES string of the molecule is Cc1ccc2c(=O)[nH]c(/C(C#N)=C/c3cc([N+](=O)[O-])ccc3OCC(=O)Nc3ccccc3)nc2c1. The van der Waals surface area contributed by atoms with Gasteiger partial charge in [-0.15, -0.1) is 0 Å². The summed E-state index contributed by atoms with van der Waals surface area (Å²) in [5, 5.41) is 24.2. The molecule has 0 bridgehead atoms. The highest BCUT2D eigenvalue weighted by molar-refractivity contribution is 5.92. The standard InChI is InChI=1S/C26H19N5O5/c1-16-7-9-21-22(11-16)29-25(30-26(21)33)18(14-27)12-17-13-20(31(34)35)8-10-23(17)36-15-24(32)28-19-5-3-2-4-6-19/h2-13H,15H2,1H3,(H,28,32)(H,29,30,33)/b18-12+. The minimum absolute atomic E-state index is 0.000114. The predicted octanol–water partition coefficient (Wildman–Crippen LogP) is 4.22. The summed E-state index contributed by atoms with van der Waals surface area (Å²) in [4.78, 5) is 42.5. The molecule has 10 nitrogen and oxygen atoms in total. The summed E-state index contributed by atoms with van der Waals surface area (Å²) in [6, 6.07) is 19.7. The topological polar surface area (TPSA) is 151 Å². The molecule has 178 valence electrons. The number of nitro benzene ring substituents is 1. The van der Waals surface area contributed by atoms with Gasteiger partial charge in [0.25, 0.3) is 17.2 Å². The Morgan fingerprint density at radius 2 is 1.97 bits per heavy atom. The monoisotopic (exact) mass is 481 g/mol. The third-order valence-electron chi connectivity index (χ3n) is 5.16. The number of carbonyl (C=O) groups excluding carboxylic acids is 1. The van der Waals surface area contributed by atoms with Crippen molar-refractivity contribution in [1.82, 2.24) is 9.97 Å². The van der Waals surface area contributed by atoms with Gasteiger partial charge < -0.3 is 15.0 Å². The first-order valence-corrected chi connectivity index (χ1v) is 10.7. The summed E-state index contributed by atoms with van der Waals surface area (Å²) in [7, 11) is 0. The van der Waals surface area contributed by atoms with Crippen molar-refractivity contribution >= 4 is 39.8 Å². The van der Waals surface area contributed by atoms with Crippen LogP contribution in [0.25, 0.3) is 22.6 Å². The van der Waals surface area contributed by atoms with E-state index in [0.29, 0.717) is 16.6 Å². The number of aromatic amines is 1. The number of nitrogens with zero attached hydrogens (tertiary/aromatic N) is 3. The van der Waals surface area contributed by atoms with Crippen LogP contribution in [0.15, 0.2) is 71.5 Å². The third-order valence-corrected chi connectivity index (χ3v) is 5.16. The number of carbonyl (C=O) groups is 1. The van der Waals surface area contributed by atoms with E-state index in [9.17, 15) is 25.0 Å². The summed E-state index contributed by atoms with van der Waals surface area (Å²) < 4.78 is 5.62. The molecule has 0 saturated carbocycles. The van der Waals surface area contributed by atoms with Crippen LogP contribution >= 0.6 is 0 Å². The molecule has 0 aliphatic heterocycles. The molecule has 0 unspecified atom stereocenters. The van der Waals surface area contributed by atoms with Crippen LogP contribution in [0, 0.1) is 28.4 Å². The number of fused-ring (bicyclic) bond motifs is 1. The van der Waals surface area contributed by atoms with Gasteiger partial charge in [0.15, 0.2) is 12.4 Å². The van der Waals surface area contributed by atoms with E-state index in [1.54, 1.807) is 42.5 Å². The van der Waals surface area contributed by atoms with E-state index in [-0.39, 0.29) is 35.0 Å². The van der Waals surface area contributed by atoms with Crippen LogP contribution < -0.4 is 15.6 Å². The molecule has 4 rings (SSSR count). The second-order valence-corrected chi connectivity index (χ2v) is 7.79. The van der Waals surface area contributed by atoms with Crippen molar-refractivity contribution < 1.29 is 14.5 Å². The molecule has 0 spiro atoms. The first kappa shape index (κ1) is 23.8. The molecule has 0 aliphatic carbocycles. The molecule has 0 atom stereocenters. The molecule has 1 heterocycles. The number of H-pyrrole nitrogens is 1. The van der Waals surface area contributed by atoms with Gasteiger partial charge in [-0.1, -0.05) is 24.3 Å². The number of rotatable bonds is 7. The molecule has 4 aromatic rings. The number of benzene rings is 3. The van der Waals surface area contributed by atoms with Gasteiger partial charge in [-0.3, -0.25) is 19.7 Å². The summed E-state index contributed by atoms with van der Waals surface area (Å²) in [6.07, 6.45) is 1.32. The number of non-ortho nitro benzene ring substituents is 1. The normalized spacial score (nSPS) is 11.1. The van der Waals surface area contributed by atoms with Crippen molar-refractivity contribution in [2.24, 2.45) is 0 Å². The van der Waals surface area contributed by atoms with E-state index >= 15 is 0 Å². The number of nitro groups is 1. The highest BCUT2D eigenvalue weighted by Crippen LogP contribution is 2.28. The molecular weight excluding hydrogens is 462 g/mol. The summed E-state index contributed by atoms with van der Waals surface area (Å²) >= 11 is 0. The molecule has 0 radical (unpaired) electrons. The van der Waals surface area contributed by atoms with Crippen LogP contribution in [0.4, 0.5) is 11.4 Å². The minimum atomic E-state index is -0.589. The third kappa shape index (κ3) is 5.43. The first-order chi connectivity index (χ1) is 17.3. The highest BCUT2D eigenvalue weighted by atomic mass is 16.6. The molecule has 0 aliphatic rings. The van der Waals surface area contributed by atoms with Crippen molar-refractivity contribution in [3.05, 3.63) is 104 Å². The number of aromatic nitrogens is 2. The number of nitrogens with one attached hydrogen (secondary N) is 2. The van der Waals surface area contributed by atoms with Gasteiger partial charge in [0.05, 0.1) is 21.4 Å². The second-order valence-electron chi connectivity index (χ2n) is 7.79. The zero-order valence-electron chi connectivity index (χ0n) is 19.0. The molecule has 1 amide bonds. The van der Waals surface area contributed by atoms with Crippen LogP contribution in [0.5, 0.6) is 5.75 Å². The maximum absolute atomic E-state index is 12.5. The number of anilines is 1. The van der Waals surface area contributed by atoms with Crippen LogP contribution in [0.2, 0.25) is 0 Å². The number of para-hydroxylation sites is 1. The highest BCUT2D eigenvalue weighted by Gasteiger charge is 2.15. The van der Waals surface area contributed by atoms with Gasteiger partial charge in [0, 0.05) is 23.4 Å². The molecule has 0 fully saturated rings. The Morgan fingerprint density at radius 1 is 1.19 bits per heavy atom. The lowest BCUT2D eigenvalue weighted by Crippen LogP contribution is -2.20. The first-order valence-electron chi connectivity index (χ1n) is 10.7. The van der Waals surface area contributed by atoms with Crippen LogP contribution in [-0.4, -0.2) is 27.4 Å². The van der Waals surface area contributed by atoms with Gasteiger partial charge >= 0.3 is 0 Å². The Kier molecular flexibility index (Phi) is 6.83. The predicted molar refractivity (Wildman–Crippen MR) is 134 cm³/mol. The summed E-state index contributed by atoms with van der Waals surface area (Å²) in [5.41, 5.74) is 1.33. The Bertz CT molecular complexity index is 1600. The van der Waals surface area contributed by atoms with Crippen molar-refractivity contribution in [2.75, 3.05) is 11.9 Å². The van der Waals surface area contributed by atoms with Crippen molar-refractivity contribution in [2.45, 2.75) is 6.92 Å². The summed E-state index contributed by atoms with van der Waals surface area (Å²) in [6.45, 7) is 1.48. The van der Waals surface area contributed by atoms with E-state index in [1.165, 1.54) is 24.3 Å². The Morgan fingerprint density at radius 3 is 2.69 bits per heavy atom. The lowest BCUT2D eigenvalue weighted by Gasteiger charge is -2.10. The Labute approximate surface area is 204 Å². The molecule has 2 N–H and O–H groups in total. The van der Waals surface area contributed by atoms with Crippen LogP contribution in [-0.2, 0) is 4.79 Å². The van der Waals surface area contributed by atoms with Crippen molar-refractivity contribution in [3.63, 3.8) is 0 Å². The van der Waals surface area contributed by atoms with Gasteiger partial charge in [0.2, 0.25) is 0 Å². The number of hydrogen-bond acceptors (Lipinski definition) is 7. The average Bonchev–Trinajstić information content (AvgIpc) is 2.86. The fourth-order valence-electron chi connectivity index (χ4n) is 3.44. The van der Waals surface area contributed by atoms with Gasteiger partial charge in [-0.2, -0.15) is 5.26 Å². The molecule has 36 heavy (non-hydrogen) atoms. The molecule has 1 aromatic heterocycles. The average molecular weight is 481 g/mol. The maximum atomic E-state index is 12.5. The van der Waals surface area contributed by atoms with Crippen LogP contribution in [0.1, 0.15) is 17.0 Å². The zero-order valence-corrected chi connectivity index (χ0v) is 19.0. The van der Waals surface area contributed by atoms with E-state index < -0.39 is 16.4 Å². The molecular formula is C26H19N5O5. The maximum Gasteiger partial charge on any atom is 0.270 e. The van der Waals surface area contributed by atoms with Crippen LogP contribution in [0.3, 0.4) is 0 Å². The lowest BCUT2D eigenvalue weighted by molar-refractivity contribution is -0.384. The Balaban J connectivity index is 1.68. The minimum Gasteiger partial charge on any atom is -0.483 e. The number of aryl methyl sites for hydroxylation is 1. The van der Waals surface area contributed by atoms with E-state index in [4.69, 9.17) is 4.74 Å². The fourth-order valence-corrected chi connectivity index (χ4v) is 3.44. The number of nitriles is 1. The van der Waals surface area contributed by atoms with E-state index in [2.05, 4.69) is 15.3 Å². The Hall–Kier alpha value is -5.30. The fraction of sp³-hybridized carbons (Fsp3) is 0.0769. The van der Waals surface area contributed by atoms with E-state index in [1.807, 2.05) is 19.1 Å². The van der Waals surface area contributed by atoms with Gasteiger partial charge in [-0.05, 0) is 48.9 Å². The van der Waals surface area contributed by atoms with E-state index in [0.717, 1.165) is 5.56 Å². The zero-order chi connectivity index (χ0) is 25.7. The number of hydrogen-bond donors (Lipinski definition) is 2. The van der Waals surface area contributed by atoms with Gasteiger partial charge in [-0.25, -0.2) is 4.98 Å². The molecule has 3 aromatic carbocycles. The quantitative estimate of drug-likeness (QED) is 0.228. The lowest BCUT2D eigenvalue weighted by atomic mass is 10.1. The number of amides is 1. The number of allylic oxidation sites excluding steroid dienone is 1.